The fourth-order valence-corrected chi connectivity index (χ4v) is 5.49. The molecule has 0 radical (unpaired) electrons. The highest BCUT2D eigenvalue weighted by Gasteiger charge is 2.39. The standard InChI is InChI=1S/C23H27F3N4O3S/c24-23(25,26)16-3-1-2-15(12-16)21(32)27-13-20(31)29-17-7-11-30(14-17)18-4-8-22(33,9-5-18)19-6-10-28-34-19/h1-3,6,10,12,17-18,33H,4-5,7-9,11,13-14H2,(H,27,32)(H,29,31)/t17-,18?,22?/m1/s1. The fraction of sp³-hybridized carbons (Fsp3) is 0.522. The zero-order valence-corrected chi connectivity index (χ0v) is 19.3. The van der Waals surface area contributed by atoms with Crippen LogP contribution in [0.5, 0.6) is 0 Å². The lowest BCUT2D eigenvalue weighted by molar-refractivity contribution is -0.137. The van der Waals surface area contributed by atoms with Crippen molar-refractivity contribution in [3.8, 4) is 0 Å². The number of aromatic nitrogens is 1. The number of hydrogen-bond donors (Lipinski definition) is 3. The van der Waals surface area contributed by atoms with Gasteiger partial charge in [0.2, 0.25) is 5.91 Å². The summed E-state index contributed by atoms with van der Waals surface area (Å²) in [6.07, 6.45) is 1.02. The molecule has 1 aromatic carbocycles. The molecule has 2 fully saturated rings. The van der Waals surface area contributed by atoms with Crippen molar-refractivity contribution in [3.05, 3.63) is 52.5 Å². The highest BCUT2D eigenvalue weighted by Crippen LogP contribution is 2.40. The summed E-state index contributed by atoms with van der Waals surface area (Å²) >= 11 is 1.33. The van der Waals surface area contributed by atoms with Crippen molar-refractivity contribution in [1.29, 1.82) is 0 Å². The molecule has 1 aliphatic heterocycles. The maximum absolute atomic E-state index is 12.8. The van der Waals surface area contributed by atoms with E-state index in [1.54, 1.807) is 6.20 Å². The molecule has 2 heterocycles. The number of nitrogens with one attached hydrogen (secondary N) is 2. The summed E-state index contributed by atoms with van der Waals surface area (Å²) in [4.78, 5) is 27.7. The summed E-state index contributed by atoms with van der Waals surface area (Å²) in [6, 6.07) is 6.25. The fourth-order valence-electron chi connectivity index (χ4n) is 4.76. The van der Waals surface area contributed by atoms with Crippen LogP contribution in [0, 0.1) is 0 Å². The number of hydrogen-bond acceptors (Lipinski definition) is 6. The zero-order valence-electron chi connectivity index (χ0n) is 18.5. The van der Waals surface area contributed by atoms with Crippen LogP contribution in [-0.2, 0) is 16.6 Å². The van der Waals surface area contributed by atoms with Crippen LogP contribution < -0.4 is 10.6 Å². The number of rotatable bonds is 6. The molecule has 0 spiro atoms. The molecule has 1 saturated heterocycles. The average molecular weight is 497 g/mol. The van der Waals surface area contributed by atoms with Crippen LogP contribution >= 0.6 is 11.5 Å². The quantitative estimate of drug-likeness (QED) is 0.572. The van der Waals surface area contributed by atoms with E-state index in [0.29, 0.717) is 25.4 Å². The summed E-state index contributed by atoms with van der Waals surface area (Å²) in [5.41, 5.74) is -1.86. The Balaban J connectivity index is 1.21. The van der Waals surface area contributed by atoms with Crippen LogP contribution in [0.2, 0.25) is 0 Å². The molecule has 7 nitrogen and oxygen atoms in total. The minimum absolute atomic E-state index is 0.0553. The van der Waals surface area contributed by atoms with Crippen molar-refractivity contribution in [1.82, 2.24) is 19.9 Å². The Morgan fingerprint density at radius 2 is 1.97 bits per heavy atom. The number of halogens is 3. The molecule has 1 atom stereocenters. The van der Waals surface area contributed by atoms with Gasteiger partial charge < -0.3 is 15.7 Å². The topological polar surface area (TPSA) is 94.6 Å². The second-order valence-corrected chi connectivity index (χ2v) is 9.78. The molecule has 1 aromatic heterocycles. The van der Waals surface area contributed by atoms with Crippen molar-refractivity contribution in [2.24, 2.45) is 0 Å². The Labute approximate surface area is 199 Å². The number of benzene rings is 1. The van der Waals surface area contributed by atoms with E-state index in [-0.39, 0.29) is 24.1 Å². The molecule has 2 aromatic rings. The molecule has 3 N–H and O–H groups in total. The Hall–Kier alpha value is -2.50. The maximum Gasteiger partial charge on any atom is 0.416 e. The molecule has 4 rings (SSSR count). The lowest BCUT2D eigenvalue weighted by atomic mass is 9.81. The van der Waals surface area contributed by atoms with Crippen molar-refractivity contribution in [2.75, 3.05) is 19.6 Å². The van der Waals surface area contributed by atoms with Gasteiger partial charge in [-0.1, -0.05) is 6.07 Å². The van der Waals surface area contributed by atoms with Gasteiger partial charge in [0.05, 0.1) is 17.0 Å². The van der Waals surface area contributed by atoms with Gasteiger partial charge in [0, 0.05) is 36.9 Å². The summed E-state index contributed by atoms with van der Waals surface area (Å²) < 4.78 is 42.6. The summed E-state index contributed by atoms with van der Waals surface area (Å²) in [7, 11) is 0. The first-order valence-corrected chi connectivity index (χ1v) is 12.0. The Kier molecular flexibility index (Phi) is 7.25. The first-order valence-electron chi connectivity index (χ1n) is 11.3. The smallest absolute Gasteiger partial charge is 0.384 e. The summed E-state index contributed by atoms with van der Waals surface area (Å²) in [5.74, 6) is -1.11. The van der Waals surface area contributed by atoms with E-state index in [9.17, 15) is 27.9 Å². The lowest BCUT2D eigenvalue weighted by Crippen LogP contribution is -2.45. The number of carbonyl (C=O) groups excluding carboxylic acids is 2. The van der Waals surface area contributed by atoms with E-state index >= 15 is 0 Å². The van der Waals surface area contributed by atoms with Gasteiger partial charge in [-0.2, -0.15) is 13.2 Å². The number of nitrogens with zero attached hydrogens (tertiary/aromatic N) is 2. The third kappa shape index (κ3) is 5.76. The third-order valence-corrected chi connectivity index (χ3v) is 7.58. The molecule has 184 valence electrons. The largest absolute Gasteiger partial charge is 0.416 e. The van der Waals surface area contributed by atoms with Crippen LogP contribution in [0.4, 0.5) is 13.2 Å². The van der Waals surface area contributed by atoms with Gasteiger partial charge in [0.15, 0.2) is 0 Å². The van der Waals surface area contributed by atoms with Crippen molar-refractivity contribution >= 4 is 23.3 Å². The van der Waals surface area contributed by atoms with E-state index in [2.05, 4.69) is 19.9 Å². The first kappa shape index (κ1) is 24.6. The molecule has 1 aliphatic carbocycles. The maximum atomic E-state index is 12.8. The SMILES string of the molecule is O=C(CNC(=O)c1cccc(C(F)(F)F)c1)N[C@@H]1CCN(C2CCC(O)(c3ccns3)CC2)C1. The Morgan fingerprint density at radius 3 is 2.65 bits per heavy atom. The zero-order chi connectivity index (χ0) is 24.3. The monoisotopic (exact) mass is 496 g/mol. The molecule has 2 aliphatic rings. The highest BCUT2D eigenvalue weighted by molar-refractivity contribution is 7.05. The lowest BCUT2D eigenvalue weighted by Gasteiger charge is -2.39. The number of alkyl halides is 3. The van der Waals surface area contributed by atoms with E-state index < -0.39 is 23.2 Å². The molecule has 34 heavy (non-hydrogen) atoms. The van der Waals surface area contributed by atoms with E-state index in [1.807, 2.05) is 6.07 Å². The van der Waals surface area contributed by atoms with Crippen LogP contribution in [0.25, 0.3) is 0 Å². The predicted octanol–water partition coefficient (Wildman–Crippen LogP) is 2.91. The van der Waals surface area contributed by atoms with E-state index in [0.717, 1.165) is 48.9 Å². The number of carbonyl (C=O) groups is 2. The first-order chi connectivity index (χ1) is 16.1. The molecular formula is C23H27F3N4O3S. The molecule has 0 unspecified atom stereocenters. The average Bonchev–Trinajstić information content (AvgIpc) is 3.51. The van der Waals surface area contributed by atoms with Gasteiger partial charge in [-0.3, -0.25) is 14.5 Å². The van der Waals surface area contributed by atoms with Crippen LogP contribution in [0.15, 0.2) is 36.5 Å². The number of amides is 2. The van der Waals surface area contributed by atoms with Crippen molar-refractivity contribution < 1.29 is 27.9 Å². The van der Waals surface area contributed by atoms with E-state index in [1.165, 1.54) is 17.6 Å². The second kappa shape index (κ2) is 10.0. The molecule has 1 saturated carbocycles. The van der Waals surface area contributed by atoms with Crippen LogP contribution in [0.1, 0.15) is 52.9 Å². The van der Waals surface area contributed by atoms with Gasteiger partial charge in [-0.25, -0.2) is 4.37 Å². The van der Waals surface area contributed by atoms with Gasteiger partial charge in [0.1, 0.15) is 5.60 Å². The minimum atomic E-state index is -4.54. The summed E-state index contributed by atoms with van der Waals surface area (Å²) in [6.45, 7) is 1.22. The van der Waals surface area contributed by atoms with E-state index in [4.69, 9.17) is 0 Å². The normalized spacial score (nSPS) is 25.8. The predicted molar refractivity (Wildman–Crippen MR) is 120 cm³/mol. The van der Waals surface area contributed by atoms with Crippen molar-refractivity contribution in [3.63, 3.8) is 0 Å². The van der Waals surface area contributed by atoms with Crippen LogP contribution in [-0.4, -0.2) is 57.9 Å². The second-order valence-electron chi connectivity index (χ2n) is 8.95. The molecule has 0 bridgehead atoms. The van der Waals surface area contributed by atoms with Crippen LogP contribution in [0.3, 0.4) is 0 Å². The van der Waals surface area contributed by atoms with Gasteiger partial charge in [-0.15, -0.1) is 0 Å². The van der Waals surface area contributed by atoms with Gasteiger partial charge in [-0.05, 0) is 67.9 Å². The van der Waals surface area contributed by atoms with Gasteiger partial charge >= 0.3 is 6.18 Å². The number of likely N-dealkylation sites (tertiary alicyclic amines) is 1. The Morgan fingerprint density at radius 1 is 1.21 bits per heavy atom. The highest BCUT2D eigenvalue weighted by atomic mass is 32.1. The van der Waals surface area contributed by atoms with Gasteiger partial charge in [0.25, 0.3) is 5.91 Å². The molecular weight excluding hydrogens is 469 g/mol. The minimum Gasteiger partial charge on any atom is -0.384 e. The summed E-state index contributed by atoms with van der Waals surface area (Å²) in [5, 5.41) is 16.2. The third-order valence-electron chi connectivity index (χ3n) is 6.64. The Bertz CT molecular complexity index is 1010. The molecule has 2 amide bonds. The number of aliphatic hydroxyl groups is 1. The van der Waals surface area contributed by atoms with Crippen molar-refractivity contribution in [2.45, 2.75) is 56.0 Å². The molecule has 11 heteroatoms.